The van der Waals surface area contributed by atoms with Crippen molar-refractivity contribution < 1.29 is 9.53 Å². The van der Waals surface area contributed by atoms with Gasteiger partial charge < -0.3 is 9.30 Å². The Hall–Kier alpha value is -3.15. The van der Waals surface area contributed by atoms with E-state index in [0.717, 1.165) is 17.6 Å². The molecule has 3 rings (SSSR count). The standard InChI is InChI=1S/C18H18N4O2/c1-3-22-16-7-5-4-6-15(16)20-17(22)12-19-21-18(23)13-8-10-14(24-2)11-9-13/h4-12H,3H2,1-2H3,(H,21,23)/b19-12-. The first-order chi connectivity index (χ1) is 11.7. The van der Waals surface area contributed by atoms with Crippen LogP contribution in [0.1, 0.15) is 23.1 Å². The van der Waals surface area contributed by atoms with E-state index in [4.69, 9.17) is 4.74 Å². The fourth-order valence-electron chi connectivity index (χ4n) is 2.48. The SMILES string of the molecule is CCn1c(/C=N\NC(=O)c2ccc(OC)cc2)nc2ccccc21. The minimum Gasteiger partial charge on any atom is -0.497 e. The van der Waals surface area contributed by atoms with Crippen LogP contribution in [0.2, 0.25) is 0 Å². The average molecular weight is 322 g/mol. The summed E-state index contributed by atoms with van der Waals surface area (Å²) >= 11 is 0. The molecule has 122 valence electrons. The van der Waals surface area contributed by atoms with E-state index in [1.165, 1.54) is 0 Å². The van der Waals surface area contributed by atoms with Crippen molar-refractivity contribution in [2.75, 3.05) is 7.11 Å². The number of amides is 1. The third kappa shape index (κ3) is 3.12. The number of ether oxygens (including phenoxy) is 1. The van der Waals surface area contributed by atoms with Gasteiger partial charge >= 0.3 is 0 Å². The maximum Gasteiger partial charge on any atom is 0.271 e. The highest BCUT2D eigenvalue weighted by Gasteiger charge is 2.07. The predicted octanol–water partition coefficient (Wildman–Crippen LogP) is 2.83. The molecule has 6 heteroatoms. The van der Waals surface area contributed by atoms with Crippen LogP contribution in [-0.2, 0) is 6.54 Å². The molecule has 3 aromatic rings. The smallest absolute Gasteiger partial charge is 0.271 e. The molecule has 0 aliphatic rings. The van der Waals surface area contributed by atoms with Crippen molar-refractivity contribution in [3.8, 4) is 5.75 Å². The van der Waals surface area contributed by atoms with Gasteiger partial charge in [-0.2, -0.15) is 5.10 Å². The Morgan fingerprint density at radius 2 is 2.00 bits per heavy atom. The number of nitrogens with one attached hydrogen (secondary N) is 1. The van der Waals surface area contributed by atoms with Crippen LogP contribution in [0.5, 0.6) is 5.75 Å². The summed E-state index contributed by atoms with van der Waals surface area (Å²) in [5.41, 5.74) is 4.98. The number of carbonyl (C=O) groups is 1. The van der Waals surface area contributed by atoms with E-state index in [-0.39, 0.29) is 5.91 Å². The number of hydrogen-bond donors (Lipinski definition) is 1. The summed E-state index contributed by atoms with van der Waals surface area (Å²) in [6, 6.07) is 14.7. The Morgan fingerprint density at radius 3 is 2.71 bits per heavy atom. The van der Waals surface area contributed by atoms with Gasteiger partial charge in [-0.15, -0.1) is 0 Å². The lowest BCUT2D eigenvalue weighted by molar-refractivity contribution is 0.0955. The van der Waals surface area contributed by atoms with Gasteiger partial charge in [0.15, 0.2) is 5.82 Å². The number of methoxy groups -OCH3 is 1. The normalized spacial score (nSPS) is 11.1. The lowest BCUT2D eigenvalue weighted by atomic mass is 10.2. The van der Waals surface area contributed by atoms with E-state index in [1.807, 2.05) is 35.8 Å². The van der Waals surface area contributed by atoms with Crippen molar-refractivity contribution in [3.05, 3.63) is 59.9 Å². The highest BCUT2D eigenvalue weighted by Crippen LogP contribution is 2.14. The molecule has 1 aromatic heterocycles. The first kappa shape index (κ1) is 15.7. The molecule has 1 amide bonds. The van der Waals surface area contributed by atoms with Crippen molar-refractivity contribution in [1.82, 2.24) is 15.0 Å². The highest BCUT2D eigenvalue weighted by molar-refractivity contribution is 5.95. The fraction of sp³-hybridized carbons (Fsp3) is 0.167. The Labute approximate surface area is 139 Å². The maximum atomic E-state index is 12.1. The second kappa shape index (κ2) is 6.95. The molecule has 6 nitrogen and oxygen atoms in total. The summed E-state index contributed by atoms with van der Waals surface area (Å²) in [6.07, 6.45) is 1.56. The molecule has 0 bridgehead atoms. The van der Waals surface area contributed by atoms with Crippen LogP contribution >= 0.6 is 0 Å². The molecule has 1 heterocycles. The molecule has 0 radical (unpaired) electrons. The predicted molar refractivity (Wildman–Crippen MR) is 93.5 cm³/mol. The molecule has 0 fully saturated rings. The summed E-state index contributed by atoms with van der Waals surface area (Å²) in [5, 5.41) is 4.03. The van der Waals surface area contributed by atoms with Crippen LogP contribution in [0.15, 0.2) is 53.6 Å². The number of aryl methyl sites for hydroxylation is 1. The van der Waals surface area contributed by atoms with Crippen molar-refractivity contribution in [2.45, 2.75) is 13.5 Å². The topological polar surface area (TPSA) is 68.5 Å². The van der Waals surface area contributed by atoms with E-state index < -0.39 is 0 Å². The number of benzene rings is 2. The number of hydrogen-bond acceptors (Lipinski definition) is 4. The molecule has 0 aliphatic heterocycles. The lowest BCUT2D eigenvalue weighted by Crippen LogP contribution is -2.18. The van der Waals surface area contributed by atoms with Crippen LogP contribution in [0.25, 0.3) is 11.0 Å². The number of fused-ring (bicyclic) bond motifs is 1. The summed E-state index contributed by atoms with van der Waals surface area (Å²) in [6.45, 7) is 2.82. The summed E-state index contributed by atoms with van der Waals surface area (Å²) in [4.78, 5) is 16.6. The molecular weight excluding hydrogens is 304 g/mol. The van der Waals surface area contributed by atoms with Crippen molar-refractivity contribution in [2.24, 2.45) is 5.10 Å². The zero-order chi connectivity index (χ0) is 16.9. The molecule has 0 unspecified atom stereocenters. The average Bonchev–Trinajstić information content (AvgIpc) is 2.99. The molecule has 24 heavy (non-hydrogen) atoms. The van der Waals surface area contributed by atoms with Gasteiger partial charge in [0, 0.05) is 12.1 Å². The third-order valence-corrected chi connectivity index (χ3v) is 3.70. The monoisotopic (exact) mass is 322 g/mol. The number of carbonyl (C=O) groups excluding carboxylic acids is 1. The van der Waals surface area contributed by atoms with Crippen LogP contribution in [0.4, 0.5) is 0 Å². The Morgan fingerprint density at radius 1 is 1.25 bits per heavy atom. The van der Waals surface area contributed by atoms with Gasteiger partial charge in [-0.25, -0.2) is 10.4 Å². The number of hydrazone groups is 1. The molecule has 2 aromatic carbocycles. The molecule has 0 saturated carbocycles. The molecule has 1 N–H and O–H groups in total. The maximum absolute atomic E-state index is 12.1. The van der Waals surface area contributed by atoms with Crippen LogP contribution < -0.4 is 10.2 Å². The van der Waals surface area contributed by atoms with E-state index in [2.05, 4.69) is 15.5 Å². The summed E-state index contributed by atoms with van der Waals surface area (Å²) in [5.74, 6) is 1.12. The van der Waals surface area contributed by atoms with Crippen molar-refractivity contribution in [1.29, 1.82) is 0 Å². The van der Waals surface area contributed by atoms with E-state index >= 15 is 0 Å². The minimum atomic E-state index is -0.284. The van der Waals surface area contributed by atoms with Crippen molar-refractivity contribution >= 4 is 23.2 Å². The molecule has 0 aliphatic carbocycles. The zero-order valence-electron chi connectivity index (χ0n) is 13.6. The van der Waals surface area contributed by atoms with E-state index in [0.29, 0.717) is 17.1 Å². The second-order valence-corrected chi connectivity index (χ2v) is 5.13. The van der Waals surface area contributed by atoms with Gasteiger partial charge in [-0.1, -0.05) is 12.1 Å². The number of imidazole rings is 1. The Bertz CT molecular complexity index is 882. The van der Waals surface area contributed by atoms with Crippen LogP contribution in [-0.4, -0.2) is 28.8 Å². The lowest BCUT2D eigenvalue weighted by Gasteiger charge is -2.03. The van der Waals surface area contributed by atoms with Gasteiger partial charge in [0.05, 0.1) is 24.4 Å². The highest BCUT2D eigenvalue weighted by atomic mass is 16.5. The Balaban J connectivity index is 1.75. The molecule has 0 atom stereocenters. The molecule has 0 spiro atoms. The number of nitrogens with zero attached hydrogens (tertiary/aromatic N) is 3. The Kier molecular flexibility index (Phi) is 4.56. The fourth-order valence-corrected chi connectivity index (χ4v) is 2.48. The van der Waals surface area contributed by atoms with Crippen molar-refractivity contribution in [3.63, 3.8) is 0 Å². The molecule has 0 saturated heterocycles. The van der Waals surface area contributed by atoms with Gasteiger partial charge in [0.2, 0.25) is 0 Å². The molecular formula is C18H18N4O2. The summed E-state index contributed by atoms with van der Waals surface area (Å²) in [7, 11) is 1.58. The van der Waals surface area contributed by atoms with Gasteiger partial charge in [-0.3, -0.25) is 4.79 Å². The number of aromatic nitrogens is 2. The van der Waals surface area contributed by atoms with Gasteiger partial charge in [-0.05, 0) is 43.3 Å². The van der Waals surface area contributed by atoms with Gasteiger partial charge in [0.1, 0.15) is 5.75 Å². The van der Waals surface area contributed by atoms with Gasteiger partial charge in [0.25, 0.3) is 5.91 Å². The minimum absolute atomic E-state index is 0.284. The number of para-hydroxylation sites is 2. The second-order valence-electron chi connectivity index (χ2n) is 5.13. The van der Waals surface area contributed by atoms with Crippen LogP contribution in [0.3, 0.4) is 0 Å². The van der Waals surface area contributed by atoms with E-state index in [1.54, 1.807) is 37.6 Å². The largest absolute Gasteiger partial charge is 0.497 e. The quantitative estimate of drug-likeness (QED) is 0.580. The summed E-state index contributed by atoms with van der Waals surface area (Å²) < 4.78 is 7.11. The number of rotatable bonds is 5. The zero-order valence-corrected chi connectivity index (χ0v) is 13.6. The van der Waals surface area contributed by atoms with E-state index in [9.17, 15) is 4.79 Å². The third-order valence-electron chi connectivity index (χ3n) is 3.70. The first-order valence-electron chi connectivity index (χ1n) is 7.65. The first-order valence-corrected chi connectivity index (χ1v) is 7.65. The van der Waals surface area contributed by atoms with Crippen LogP contribution in [0, 0.1) is 0 Å².